The van der Waals surface area contributed by atoms with E-state index >= 15 is 0 Å². The third-order valence-electron chi connectivity index (χ3n) is 2.81. The summed E-state index contributed by atoms with van der Waals surface area (Å²) < 4.78 is 5.28. The number of hydrogen-bond acceptors (Lipinski definition) is 5. The Morgan fingerprint density at radius 2 is 2.10 bits per heavy atom. The van der Waals surface area contributed by atoms with Crippen LogP contribution in [0.2, 0.25) is 0 Å². The minimum absolute atomic E-state index is 0.0300. The Bertz CT molecular complexity index is 583. The maximum atomic E-state index is 12.0. The zero-order chi connectivity index (χ0) is 14.7. The lowest BCUT2D eigenvalue weighted by molar-refractivity contribution is -0.122. The van der Waals surface area contributed by atoms with Crippen LogP contribution in [-0.2, 0) is 4.79 Å². The van der Waals surface area contributed by atoms with Crippen LogP contribution in [0.1, 0.15) is 19.4 Å². The highest BCUT2D eigenvalue weighted by atomic mass is 32.2. The van der Waals surface area contributed by atoms with Crippen molar-refractivity contribution in [2.45, 2.75) is 13.8 Å². The van der Waals surface area contributed by atoms with Crippen molar-refractivity contribution in [3.63, 3.8) is 0 Å². The zero-order valence-corrected chi connectivity index (χ0v) is 12.1. The second kappa shape index (κ2) is 6.00. The van der Waals surface area contributed by atoms with Crippen LogP contribution < -0.4 is 4.74 Å². The number of ether oxygens (including phenoxy) is 1. The molecule has 1 heterocycles. The van der Waals surface area contributed by atoms with Gasteiger partial charge in [-0.2, -0.15) is 0 Å². The highest BCUT2D eigenvalue weighted by Crippen LogP contribution is 2.36. The molecule has 6 heteroatoms. The topological polar surface area (TPSA) is 66.8 Å². The molecule has 2 rings (SSSR count). The van der Waals surface area contributed by atoms with Crippen molar-refractivity contribution in [1.82, 2.24) is 4.90 Å². The van der Waals surface area contributed by atoms with Gasteiger partial charge in [-0.1, -0.05) is 12.1 Å². The number of thioether (sulfide) groups is 1. The van der Waals surface area contributed by atoms with Crippen molar-refractivity contribution in [2.75, 3.05) is 13.2 Å². The summed E-state index contributed by atoms with van der Waals surface area (Å²) in [4.78, 5) is 25.1. The molecule has 5 nitrogen and oxygen atoms in total. The van der Waals surface area contributed by atoms with Gasteiger partial charge in [-0.3, -0.25) is 14.5 Å². The number of imide groups is 1. The average Bonchev–Trinajstić information content (AvgIpc) is 2.69. The minimum atomic E-state index is -0.330. The molecule has 1 aliphatic heterocycles. The van der Waals surface area contributed by atoms with Crippen LogP contribution in [0.3, 0.4) is 0 Å². The Balaban J connectivity index is 2.34. The Kier molecular flexibility index (Phi) is 4.34. The highest BCUT2D eigenvalue weighted by molar-refractivity contribution is 8.18. The second-order valence-electron chi connectivity index (χ2n) is 4.05. The Hall–Kier alpha value is -1.95. The number of aromatic hydroxyl groups is 1. The molecule has 106 valence electrons. The van der Waals surface area contributed by atoms with E-state index in [0.717, 1.165) is 11.8 Å². The third-order valence-corrected chi connectivity index (χ3v) is 3.71. The first-order valence-corrected chi connectivity index (χ1v) is 7.10. The van der Waals surface area contributed by atoms with Gasteiger partial charge in [0, 0.05) is 12.1 Å². The first-order chi connectivity index (χ1) is 9.58. The van der Waals surface area contributed by atoms with Crippen LogP contribution in [0.5, 0.6) is 11.5 Å². The number of phenolic OH excluding ortho intramolecular Hbond substituents is 1. The molecule has 1 N–H and O–H groups in total. The highest BCUT2D eigenvalue weighted by Gasteiger charge is 2.33. The van der Waals surface area contributed by atoms with Gasteiger partial charge >= 0.3 is 0 Å². The molecule has 0 aromatic heterocycles. The Morgan fingerprint density at radius 3 is 2.70 bits per heavy atom. The summed E-state index contributed by atoms with van der Waals surface area (Å²) in [6.45, 7) is 4.33. The number of amides is 2. The van der Waals surface area contributed by atoms with E-state index in [1.54, 1.807) is 25.1 Å². The van der Waals surface area contributed by atoms with Gasteiger partial charge in [0.05, 0.1) is 11.5 Å². The molecule has 0 bridgehead atoms. The average molecular weight is 293 g/mol. The van der Waals surface area contributed by atoms with E-state index in [9.17, 15) is 14.7 Å². The molecule has 0 aliphatic carbocycles. The van der Waals surface area contributed by atoms with Crippen molar-refractivity contribution in [3.05, 3.63) is 28.7 Å². The summed E-state index contributed by atoms with van der Waals surface area (Å²) in [5.41, 5.74) is 0.456. The van der Waals surface area contributed by atoms with Crippen molar-refractivity contribution in [3.8, 4) is 11.5 Å². The molecule has 2 amide bonds. The fraction of sp³-hybridized carbons (Fsp3) is 0.286. The fourth-order valence-electron chi connectivity index (χ4n) is 1.84. The van der Waals surface area contributed by atoms with E-state index in [1.165, 1.54) is 11.0 Å². The first-order valence-electron chi connectivity index (χ1n) is 6.28. The minimum Gasteiger partial charge on any atom is -0.504 e. The molecule has 1 saturated heterocycles. The number of benzene rings is 1. The van der Waals surface area contributed by atoms with Crippen molar-refractivity contribution in [2.24, 2.45) is 0 Å². The molecule has 0 atom stereocenters. The van der Waals surface area contributed by atoms with Crippen LogP contribution in [0.15, 0.2) is 23.1 Å². The van der Waals surface area contributed by atoms with Crippen LogP contribution >= 0.6 is 11.8 Å². The van der Waals surface area contributed by atoms with Crippen LogP contribution in [0.4, 0.5) is 4.79 Å². The summed E-state index contributed by atoms with van der Waals surface area (Å²) in [7, 11) is 0. The van der Waals surface area contributed by atoms with E-state index < -0.39 is 0 Å². The number of carbonyl (C=O) groups is 2. The van der Waals surface area contributed by atoms with Gasteiger partial charge in [0.25, 0.3) is 11.1 Å². The fourth-order valence-corrected chi connectivity index (χ4v) is 2.74. The molecular weight excluding hydrogens is 278 g/mol. The van der Waals surface area contributed by atoms with Gasteiger partial charge in [-0.05, 0) is 37.8 Å². The zero-order valence-electron chi connectivity index (χ0n) is 11.3. The van der Waals surface area contributed by atoms with Crippen LogP contribution in [-0.4, -0.2) is 34.3 Å². The summed E-state index contributed by atoms with van der Waals surface area (Å²) in [6, 6.07) is 5.03. The molecule has 0 saturated carbocycles. The lowest BCUT2D eigenvalue weighted by atomic mass is 10.1. The standard InChI is InChI=1S/C14H15NO4S/c1-3-15-13(17)11(20-14(15)18)8-9-6-5-7-10(12(9)16)19-4-2/h5-8,16H,3-4H2,1-2H3. The molecule has 0 spiro atoms. The van der Waals surface area contributed by atoms with Crippen LogP contribution in [0.25, 0.3) is 6.08 Å². The van der Waals surface area contributed by atoms with Gasteiger partial charge in [-0.15, -0.1) is 0 Å². The van der Waals surface area contributed by atoms with Crippen LogP contribution in [0, 0.1) is 0 Å². The van der Waals surface area contributed by atoms with Gasteiger partial charge in [0.1, 0.15) is 0 Å². The van der Waals surface area contributed by atoms with Crippen molar-refractivity contribution < 1.29 is 19.4 Å². The predicted molar refractivity (Wildman–Crippen MR) is 77.6 cm³/mol. The van der Waals surface area contributed by atoms with E-state index in [-0.39, 0.29) is 16.9 Å². The second-order valence-corrected chi connectivity index (χ2v) is 5.05. The van der Waals surface area contributed by atoms with Gasteiger partial charge < -0.3 is 9.84 Å². The molecule has 1 fully saturated rings. The number of phenols is 1. The summed E-state index contributed by atoms with van der Waals surface area (Å²) >= 11 is 0.876. The number of nitrogens with zero attached hydrogens (tertiary/aromatic N) is 1. The monoisotopic (exact) mass is 293 g/mol. The molecule has 0 unspecified atom stereocenters. The number of rotatable bonds is 4. The SMILES string of the molecule is CCOc1cccc(C=C2SC(=O)N(CC)C2=O)c1O. The van der Waals surface area contributed by atoms with Gasteiger partial charge in [0.15, 0.2) is 11.5 Å². The number of likely N-dealkylation sites (N-methyl/N-ethyl adjacent to an activating group) is 1. The smallest absolute Gasteiger partial charge is 0.293 e. The van der Waals surface area contributed by atoms with Gasteiger partial charge in [-0.25, -0.2) is 0 Å². The number of hydrogen-bond donors (Lipinski definition) is 1. The van der Waals surface area contributed by atoms with E-state index in [4.69, 9.17) is 4.74 Å². The van der Waals surface area contributed by atoms with Crippen molar-refractivity contribution >= 4 is 29.0 Å². The van der Waals surface area contributed by atoms with E-state index in [1.807, 2.05) is 6.92 Å². The molecule has 0 radical (unpaired) electrons. The molecule has 1 aromatic carbocycles. The quantitative estimate of drug-likeness (QED) is 0.865. The molecule has 20 heavy (non-hydrogen) atoms. The number of para-hydroxylation sites is 1. The largest absolute Gasteiger partial charge is 0.504 e. The third kappa shape index (κ3) is 2.65. The lowest BCUT2D eigenvalue weighted by Gasteiger charge is -2.08. The first kappa shape index (κ1) is 14.5. The Labute approximate surface area is 121 Å². The maximum Gasteiger partial charge on any atom is 0.293 e. The molecule has 1 aromatic rings. The molecule has 1 aliphatic rings. The lowest BCUT2D eigenvalue weighted by Crippen LogP contribution is -2.27. The summed E-state index contributed by atoms with van der Waals surface area (Å²) in [5.74, 6) is -0.00247. The predicted octanol–water partition coefficient (Wildman–Crippen LogP) is 2.85. The molecular formula is C14H15NO4S. The summed E-state index contributed by atoms with van der Waals surface area (Å²) in [5, 5.41) is 9.78. The van der Waals surface area contributed by atoms with E-state index in [0.29, 0.717) is 29.4 Å². The van der Waals surface area contributed by atoms with E-state index in [2.05, 4.69) is 0 Å². The normalized spacial score (nSPS) is 17.1. The van der Waals surface area contributed by atoms with Gasteiger partial charge in [0.2, 0.25) is 0 Å². The summed E-state index contributed by atoms with van der Waals surface area (Å²) in [6.07, 6.45) is 1.51. The maximum absolute atomic E-state index is 12.0. The Morgan fingerprint density at radius 1 is 1.35 bits per heavy atom. The number of carbonyl (C=O) groups excluding carboxylic acids is 2. The van der Waals surface area contributed by atoms with Crippen molar-refractivity contribution in [1.29, 1.82) is 0 Å².